The maximum atomic E-state index is 12.8. The van der Waals surface area contributed by atoms with Gasteiger partial charge in [0.25, 0.3) is 5.91 Å². The molecule has 1 aromatic rings. The molecule has 0 bridgehead atoms. The molecule has 4 aliphatic heterocycles. The van der Waals surface area contributed by atoms with Crippen LogP contribution in [0, 0.1) is 5.92 Å². The summed E-state index contributed by atoms with van der Waals surface area (Å²) in [6.07, 6.45) is 4.75. The van der Waals surface area contributed by atoms with Crippen molar-refractivity contribution in [3.63, 3.8) is 0 Å². The average Bonchev–Trinajstić information content (AvgIpc) is 3.23. The van der Waals surface area contributed by atoms with Crippen LogP contribution in [0.3, 0.4) is 0 Å². The summed E-state index contributed by atoms with van der Waals surface area (Å²) in [4.78, 5) is 31.5. The molecule has 0 aliphatic carbocycles. The van der Waals surface area contributed by atoms with Crippen molar-refractivity contribution in [2.75, 3.05) is 64.3 Å². The van der Waals surface area contributed by atoms with Crippen LogP contribution < -0.4 is 31.5 Å². The first-order chi connectivity index (χ1) is 19.3. The molecular weight excluding hydrogens is 512 g/mol. The lowest BCUT2D eigenvalue weighted by Gasteiger charge is -2.48. The zero-order valence-corrected chi connectivity index (χ0v) is 23.8. The van der Waals surface area contributed by atoms with Crippen LogP contribution in [0.2, 0.25) is 0 Å². The normalized spacial score (nSPS) is 28.8. The molecule has 40 heavy (non-hydrogen) atoms. The predicted octanol–water partition coefficient (Wildman–Crippen LogP) is -0.310. The lowest BCUT2D eigenvalue weighted by Crippen LogP contribution is -2.76. The van der Waals surface area contributed by atoms with Gasteiger partial charge < -0.3 is 20.1 Å². The number of hydrogen-bond acceptors (Lipinski definition) is 10. The summed E-state index contributed by atoms with van der Waals surface area (Å²) in [5.41, 5.74) is 5.43. The Bertz CT molecular complexity index is 987. The molecule has 5 rings (SSSR count). The van der Waals surface area contributed by atoms with Gasteiger partial charge in [-0.25, -0.2) is 5.43 Å². The number of aliphatic hydroxyl groups is 1. The number of amides is 2. The monoisotopic (exact) mass is 558 g/mol. The fourth-order valence-corrected chi connectivity index (χ4v) is 6.09. The summed E-state index contributed by atoms with van der Waals surface area (Å²) in [6.45, 7) is 9.93. The average molecular weight is 559 g/mol. The van der Waals surface area contributed by atoms with E-state index in [1.54, 1.807) is 4.90 Å². The number of hydrogen-bond donors (Lipinski definition) is 6. The van der Waals surface area contributed by atoms with Crippen molar-refractivity contribution >= 4 is 17.5 Å². The zero-order chi connectivity index (χ0) is 28.1. The topological polar surface area (TPSA) is 133 Å². The third kappa shape index (κ3) is 7.23. The van der Waals surface area contributed by atoms with Crippen molar-refractivity contribution in [2.45, 2.75) is 63.6 Å². The van der Waals surface area contributed by atoms with Gasteiger partial charge in [-0.2, -0.15) is 0 Å². The third-order valence-corrected chi connectivity index (χ3v) is 8.38. The highest BCUT2D eigenvalue weighted by Gasteiger charge is 2.45. The van der Waals surface area contributed by atoms with E-state index in [2.05, 4.69) is 36.6 Å². The van der Waals surface area contributed by atoms with E-state index < -0.39 is 5.60 Å². The lowest BCUT2D eigenvalue weighted by molar-refractivity contribution is -0.149. The number of hydrazine groups is 1. The number of benzene rings is 1. The van der Waals surface area contributed by atoms with E-state index in [4.69, 9.17) is 4.74 Å². The van der Waals surface area contributed by atoms with Gasteiger partial charge in [0.15, 0.2) is 0 Å². The van der Waals surface area contributed by atoms with E-state index in [-0.39, 0.29) is 36.2 Å². The van der Waals surface area contributed by atoms with E-state index in [9.17, 15) is 14.7 Å². The molecule has 12 nitrogen and oxygen atoms in total. The summed E-state index contributed by atoms with van der Waals surface area (Å²) in [5.74, 6) is 0.304. The Balaban J connectivity index is 1.11. The van der Waals surface area contributed by atoms with Gasteiger partial charge in [0.1, 0.15) is 24.2 Å². The molecule has 0 spiro atoms. The SMILES string of the molecule is CC(C)(O)C(=O)N1CCN(CCOc2ccc(NC3NC(N4CCCCCC4)NC4CNNC(=O)C43)cc2)CC1. The molecule has 4 unspecified atom stereocenters. The Labute approximate surface area is 237 Å². The number of likely N-dealkylation sites (tertiary alicyclic amines) is 1. The fourth-order valence-electron chi connectivity index (χ4n) is 6.09. The molecule has 4 atom stereocenters. The molecule has 6 N–H and O–H groups in total. The molecule has 1 aromatic carbocycles. The van der Waals surface area contributed by atoms with Crippen molar-refractivity contribution in [2.24, 2.45) is 5.92 Å². The van der Waals surface area contributed by atoms with Crippen LogP contribution in [0.4, 0.5) is 5.69 Å². The number of nitrogens with one attached hydrogen (secondary N) is 5. The smallest absolute Gasteiger partial charge is 0.254 e. The second-order valence-corrected chi connectivity index (χ2v) is 11.9. The highest BCUT2D eigenvalue weighted by Crippen LogP contribution is 2.24. The van der Waals surface area contributed by atoms with Gasteiger partial charge in [-0.05, 0) is 51.0 Å². The van der Waals surface area contributed by atoms with Crippen molar-refractivity contribution in [3.05, 3.63) is 24.3 Å². The number of fused-ring (bicyclic) bond motifs is 1. The second kappa shape index (κ2) is 13.0. The number of carbonyl (C=O) groups is 2. The first-order valence-corrected chi connectivity index (χ1v) is 14.8. The number of carbonyl (C=O) groups excluding carboxylic acids is 2. The number of ether oxygens (including phenoxy) is 1. The van der Waals surface area contributed by atoms with Crippen LogP contribution >= 0.6 is 0 Å². The van der Waals surface area contributed by atoms with Gasteiger partial charge in [0.2, 0.25) is 5.91 Å². The molecule has 2 amide bonds. The number of rotatable bonds is 8. The molecule has 4 saturated heterocycles. The molecule has 12 heteroatoms. The Morgan fingerprint density at radius 3 is 2.40 bits per heavy atom. The van der Waals surface area contributed by atoms with E-state index in [1.165, 1.54) is 39.5 Å². The molecule has 222 valence electrons. The zero-order valence-electron chi connectivity index (χ0n) is 23.8. The summed E-state index contributed by atoms with van der Waals surface area (Å²) in [7, 11) is 0. The number of nitrogens with zero attached hydrogens (tertiary/aromatic N) is 3. The summed E-state index contributed by atoms with van der Waals surface area (Å²) < 4.78 is 6.00. The lowest BCUT2D eigenvalue weighted by atomic mass is 9.91. The van der Waals surface area contributed by atoms with Crippen LogP contribution in [0.15, 0.2) is 24.3 Å². The van der Waals surface area contributed by atoms with Gasteiger partial charge in [-0.1, -0.05) is 12.8 Å². The number of piperazine rings is 1. The van der Waals surface area contributed by atoms with E-state index in [1.807, 2.05) is 24.3 Å². The van der Waals surface area contributed by atoms with Crippen LogP contribution in [-0.4, -0.2) is 115 Å². The Hall–Kier alpha value is -2.48. The van der Waals surface area contributed by atoms with Gasteiger partial charge in [-0.3, -0.25) is 35.4 Å². The van der Waals surface area contributed by atoms with Gasteiger partial charge >= 0.3 is 0 Å². The molecule has 0 saturated carbocycles. The molecular formula is C28H46N8O4. The Morgan fingerprint density at radius 2 is 1.73 bits per heavy atom. The largest absolute Gasteiger partial charge is 0.492 e. The van der Waals surface area contributed by atoms with Gasteiger partial charge in [0, 0.05) is 64.1 Å². The van der Waals surface area contributed by atoms with E-state index in [0.29, 0.717) is 26.2 Å². The van der Waals surface area contributed by atoms with Crippen LogP contribution in [0.1, 0.15) is 39.5 Å². The predicted molar refractivity (Wildman–Crippen MR) is 152 cm³/mol. The van der Waals surface area contributed by atoms with Crippen LogP contribution in [0.5, 0.6) is 5.75 Å². The first kappa shape index (κ1) is 29.0. The first-order valence-electron chi connectivity index (χ1n) is 14.8. The van der Waals surface area contributed by atoms with E-state index >= 15 is 0 Å². The maximum Gasteiger partial charge on any atom is 0.254 e. The fraction of sp³-hybridized carbons (Fsp3) is 0.714. The Kier molecular flexibility index (Phi) is 9.44. The summed E-state index contributed by atoms with van der Waals surface area (Å²) in [6, 6.07) is 7.92. The number of anilines is 1. The van der Waals surface area contributed by atoms with Crippen molar-refractivity contribution in [1.82, 2.24) is 36.2 Å². The highest BCUT2D eigenvalue weighted by atomic mass is 16.5. The third-order valence-electron chi connectivity index (χ3n) is 8.38. The van der Waals surface area contributed by atoms with Gasteiger partial charge in [-0.15, -0.1) is 0 Å². The van der Waals surface area contributed by atoms with Gasteiger partial charge in [0.05, 0.1) is 12.1 Å². The van der Waals surface area contributed by atoms with Crippen molar-refractivity contribution in [3.8, 4) is 5.75 Å². The second-order valence-electron chi connectivity index (χ2n) is 11.9. The molecule has 4 heterocycles. The molecule has 4 fully saturated rings. The van der Waals surface area contributed by atoms with Crippen LogP contribution in [0.25, 0.3) is 0 Å². The van der Waals surface area contributed by atoms with E-state index in [0.717, 1.165) is 44.2 Å². The maximum absolute atomic E-state index is 12.8. The minimum atomic E-state index is -1.33. The van der Waals surface area contributed by atoms with Crippen molar-refractivity contribution < 1.29 is 19.4 Å². The molecule has 0 radical (unpaired) electrons. The van der Waals surface area contributed by atoms with Crippen LogP contribution in [-0.2, 0) is 9.59 Å². The molecule has 4 aliphatic rings. The minimum Gasteiger partial charge on any atom is -0.492 e. The quantitative estimate of drug-likeness (QED) is 0.252. The highest BCUT2D eigenvalue weighted by molar-refractivity contribution is 5.84. The summed E-state index contributed by atoms with van der Waals surface area (Å²) >= 11 is 0. The summed E-state index contributed by atoms with van der Waals surface area (Å²) in [5, 5.41) is 20.9. The molecule has 0 aromatic heterocycles. The minimum absolute atomic E-state index is 0.0160. The standard InChI is InChI=1S/C28H46N8O4/c1-28(2,39)26(38)35-15-13-34(14-16-35)17-18-40-21-9-7-20(8-10-21)30-24-23-22(19-29-33-25(23)37)31-27(32-24)36-11-5-3-4-6-12-36/h7-10,22-24,27,29-32,39H,3-6,11-19H2,1-2H3,(H,33,37). The Morgan fingerprint density at radius 1 is 1.02 bits per heavy atom. The van der Waals surface area contributed by atoms with Crippen molar-refractivity contribution in [1.29, 1.82) is 0 Å².